The van der Waals surface area contributed by atoms with Crippen molar-refractivity contribution in [3.63, 3.8) is 0 Å². The molecule has 2 N–H and O–H groups in total. The van der Waals surface area contributed by atoms with Crippen molar-refractivity contribution in [2.75, 3.05) is 0 Å². The Kier molecular flexibility index (Phi) is 3.13. The number of nitrogens with two attached hydrogens (primary N) is 1. The van der Waals surface area contributed by atoms with Crippen LogP contribution in [0.4, 0.5) is 13.2 Å². The van der Waals surface area contributed by atoms with Crippen molar-refractivity contribution in [1.29, 1.82) is 0 Å². The van der Waals surface area contributed by atoms with E-state index >= 15 is 0 Å². The van der Waals surface area contributed by atoms with Crippen molar-refractivity contribution in [2.45, 2.75) is 19.1 Å². The summed E-state index contributed by atoms with van der Waals surface area (Å²) in [6.45, 7) is 1.68. The zero-order valence-corrected chi connectivity index (χ0v) is 9.53. The molecule has 18 heavy (non-hydrogen) atoms. The summed E-state index contributed by atoms with van der Waals surface area (Å²) in [6.07, 6.45) is -3.00. The number of halogens is 3. The lowest BCUT2D eigenvalue weighted by Gasteiger charge is -2.09. The smallest absolute Gasteiger partial charge is 0.359 e. The zero-order chi connectivity index (χ0) is 13.3. The van der Waals surface area contributed by atoms with Gasteiger partial charge in [-0.15, -0.1) is 0 Å². The fourth-order valence-electron chi connectivity index (χ4n) is 1.66. The molecule has 0 spiro atoms. The van der Waals surface area contributed by atoms with Crippen LogP contribution in [0.25, 0.3) is 11.1 Å². The Labute approximate surface area is 101 Å². The molecule has 6 heteroatoms. The zero-order valence-electron chi connectivity index (χ0n) is 9.53. The maximum Gasteiger partial charge on any atom is 0.416 e. The number of alkyl halides is 3. The molecule has 0 bridgehead atoms. The van der Waals surface area contributed by atoms with Gasteiger partial charge in [0.05, 0.1) is 17.8 Å². The maximum absolute atomic E-state index is 12.6. The van der Waals surface area contributed by atoms with Gasteiger partial charge in [-0.25, -0.2) is 0 Å². The van der Waals surface area contributed by atoms with E-state index < -0.39 is 17.8 Å². The van der Waals surface area contributed by atoms with Crippen molar-refractivity contribution < 1.29 is 17.7 Å². The Morgan fingerprint density at radius 3 is 2.67 bits per heavy atom. The Morgan fingerprint density at radius 1 is 1.33 bits per heavy atom. The molecular formula is C12H11F3N2O. The molecule has 0 saturated heterocycles. The van der Waals surface area contributed by atoms with E-state index in [-0.39, 0.29) is 0 Å². The van der Waals surface area contributed by atoms with Crippen molar-refractivity contribution in [2.24, 2.45) is 5.73 Å². The van der Waals surface area contributed by atoms with Gasteiger partial charge in [0.15, 0.2) is 5.76 Å². The van der Waals surface area contributed by atoms with Gasteiger partial charge in [0.1, 0.15) is 0 Å². The summed E-state index contributed by atoms with van der Waals surface area (Å²) < 4.78 is 42.8. The summed E-state index contributed by atoms with van der Waals surface area (Å²) in [7, 11) is 0. The highest BCUT2D eigenvalue weighted by Crippen LogP contribution is 2.33. The Morgan fingerprint density at radius 2 is 2.06 bits per heavy atom. The number of rotatable bonds is 2. The van der Waals surface area contributed by atoms with E-state index in [2.05, 4.69) is 5.16 Å². The lowest BCUT2D eigenvalue weighted by molar-refractivity contribution is -0.137. The van der Waals surface area contributed by atoms with E-state index in [9.17, 15) is 13.2 Å². The summed E-state index contributed by atoms with van der Waals surface area (Å²) in [5, 5.41) is 3.58. The number of hydrogen-bond acceptors (Lipinski definition) is 3. The first-order valence-corrected chi connectivity index (χ1v) is 5.27. The van der Waals surface area contributed by atoms with Crippen LogP contribution in [0.1, 0.15) is 24.3 Å². The molecule has 0 fully saturated rings. The van der Waals surface area contributed by atoms with Gasteiger partial charge < -0.3 is 10.3 Å². The fourth-order valence-corrected chi connectivity index (χ4v) is 1.66. The van der Waals surface area contributed by atoms with E-state index in [0.717, 1.165) is 12.1 Å². The molecule has 1 aromatic carbocycles. The Bertz CT molecular complexity index is 546. The molecule has 3 nitrogen and oxygen atoms in total. The molecule has 0 aliphatic rings. The molecule has 1 heterocycles. The second kappa shape index (κ2) is 4.45. The number of aromatic nitrogens is 1. The first-order chi connectivity index (χ1) is 8.39. The first kappa shape index (κ1) is 12.6. The maximum atomic E-state index is 12.6. The third-order valence-electron chi connectivity index (χ3n) is 2.51. The summed E-state index contributed by atoms with van der Waals surface area (Å²) in [4.78, 5) is 0. The van der Waals surface area contributed by atoms with Crippen molar-refractivity contribution in [1.82, 2.24) is 5.16 Å². The van der Waals surface area contributed by atoms with E-state index in [1.807, 2.05) is 0 Å². The lowest BCUT2D eigenvalue weighted by Crippen LogP contribution is -2.06. The van der Waals surface area contributed by atoms with E-state index in [1.165, 1.54) is 12.3 Å². The van der Waals surface area contributed by atoms with Crippen LogP contribution in [0.5, 0.6) is 0 Å². The molecule has 0 amide bonds. The van der Waals surface area contributed by atoms with Gasteiger partial charge in [-0.2, -0.15) is 13.2 Å². The minimum atomic E-state index is -4.37. The van der Waals surface area contributed by atoms with Gasteiger partial charge >= 0.3 is 6.18 Å². The minimum Gasteiger partial charge on any atom is -0.359 e. The van der Waals surface area contributed by atoms with Gasteiger partial charge in [0.25, 0.3) is 0 Å². The second-order valence-electron chi connectivity index (χ2n) is 3.97. The average Bonchev–Trinajstić information content (AvgIpc) is 2.77. The molecule has 0 saturated carbocycles. The minimum absolute atomic E-state index is 0.370. The van der Waals surface area contributed by atoms with Crippen LogP contribution in [-0.2, 0) is 6.18 Å². The van der Waals surface area contributed by atoms with Gasteiger partial charge in [-0.05, 0) is 24.6 Å². The average molecular weight is 256 g/mol. The third-order valence-corrected chi connectivity index (χ3v) is 2.51. The van der Waals surface area contributed by atoms with E-state index in [1.54, 1.807) is 13.0 Å². The third kappa shape index (κ3) is 2.38. The van der Waals surface area contributed by atoms with E-state index in [4.69, 9.17) is 10.3 Å². The quantitative estimate of drug-likeness (QED) is 0.896. The molecule has 0 radical (unpaired) electrons. The SMILES string of the molecule is CC(N)c1oncc1-c1cccc(C(F)(F)F)c1. The summed E-state index contributed by atoms with van der Waals surface area (Å²) in [5.41, 5.74) is 5.82. The molecular weight excluding hydrogens is 245 g/mol. The van der Waals surface area contributed by atoms with Crippen LogP contribution in [0.15, 0.2) is 35.0 Å². The Balaban J connectivity index is 2.48. The van der Waals surface area contributed by atoms with Crippen LogP contribution in [-0.4, -0.2) is 5.16 Å². The van der Waals surface area contributed by atoms with Crippen molar-refractivity contribution in [3.05, 3.63) is 41.8 Å². The standard InChI is InChI=1S/C12H11F3N2O/c1-7(16)11-10(6-17-18-11)8-3-2-4-9(5-8)12(13,14)15/h2-7H,16H2,1H3. The lowest BCUT2D eigenvalue weighted by atomic mass is 10.0. The highest BCUT2D eigenvalue weighted by Gasteiger charge is 2.30. The fraction of sp³-hybridized carbons (Fsp3) is 0.250. The molecule has 0 aliphatic carbocycles. The summed E-state index contributed by atoms with van der Waals surface area (Å²) >= 11 is 0. The topological polar surface area (TPSA) is 52.0 Å². The molecule has 1 aromatic heterocycles. The number of benzene rings is 1. The number of hydrogen-bond donors (Lipinski definition) is 1. The second-order valence-corrected chi connectivity index (χ2v) is 3.97. The summed E-state index contributed by atoms with van der Waals surface area (Å²) in [6, 6.07) is 4.54. The van der Waals surface area contributed by atoms with Crippen LogP contribution in [0, 0.1) is 0 Å². The van der Waals surface area contributed by atoms with E-state index in [0.29, 0.717) is 16.9 Å². The normalized spacial score (nSPS) is 13.6. The molecule has 1 atom stereocenters. The van der Waals surface area contributed by atoms with Crippen LogP contribution in [0.2, 0.25) is 0 Å². The predicted molar refractivity (Wildman–Crippen MR) is 59.5 cm³/mol. The van der Waals surface area contributed by atoms with Crippen LogP contribution in [0.3, 0.4) is 0 Å². The first-order valence-electron chi connectivity index (χ1n) is 5.27. The van der Waals surface area contributed by atoms with Gasteiger partial charge in [0.2, 0.25) is 0 Å². The highest BCUT2D eigenvalue weighted by atomic mass is 19.4. The predicted octanol–water partition coefficient (Wildman–Crippen LogP) is 3.38. The summed E-state index contributed by atoms with van der Waals surface area (Å²) in [5.74, 6) is 0.370. The highest BCUT2D eigenvalue weighted by molar-refractivity contribution is 5.65. The molecule has 2 rings (SSSR count). The molecule has 0 aliphatic heterocycles. The van der Waals surface area contributed by atoms with Gasteiger partial charge in [-0.1, -0.05) is 17.3 Å². The molecule has 2 aromatic rings. The Hall–Kier alpha value is -1.82. The van der Waals surface area contributed by atoms with Crippen molar-refractivity contribution in [3.8, 4) is 11.1 Å². The largest absolute Gasteiger partial charge is 0.416 e. The number of nitrogens with zero attached hydrogens (tertiary/aromatic N) is 1. The van der Waals surface area contributed by atoms with Crippen molar-refractivity contribution >= 4 is 0 Å². The van der Waals surface area contributed by atoms with Gasteiger partial charge in [-0.3, -0.25) is 0 Å². The van der Waals surface area contributed by atoms with Crippen LogP contribution >= 0.6 is 0 Å². The monoisotopic (exact) mass is 256 g/mol. The van der Waals surface area contributed by atoms with Gasteiger partial charge in [0, 0.05) is 5.56 Å². The molecule has 1 unspecified atom stereocenters. The van der Waals surface area contributed by atoms with Crippen LogP contribution < -0.4 is 5.73 Å². The molecule has 96 valence electrons.